The minimum absolute atomic E-state index is 0.0709. The highest BCUT2D eigenvalue weighted by Gasteiger charge is 2.36. The van der Waals surface area contributed by atoms with E-state index < -0.39 is 12.2 Å². The maximum Gasteiger partial charge on any atom is 0.341 e. The van der Waals surface area contributed by atoms with E-state index in [0.29, 0.717) is 78.6 Å². The molecule has 8 heterocycles. The molecule has 442 valence electrons. The van der Waals surface area contributed by atoms with Crippen LogP contribution in [0.1, 0.15) is 154 Å². The Morgan fingerprint density at radius 3 is 1.53 bits per heavy atom. The van der Waals surface area contributed by atoms with E-state index in [2.05, 4.69) is 82.9 Å². The van der Waals surface area contributed by atoms with Crippen molar-refractivity contribution in [2.75, 3.05) is 68.2 Å². The summed E-state index contributed by atoms with van der Waals surface area (Å²) in [5, 5.41) is 40.7. The predicted octanol–water partition coefficient (Wildman–Crippen LogP) is 8.68. The van der Waals surface area contributed by atoms with Crippen LogP contribution in [0.5, 0.6) is 0 Å². The number of halogens is 1. The molecule has 0 bridgehead atoms. The second-order valence-corrected chi connectivity index (χ2v) is 24.3. The smallest absolute Gasteiger partial charge is 0.341 e. The zero-order valence-corrected chi connectivity index (χ0v) is 50.4. The molecule has 3 aliphatic carbocycles. The number of nitrogens with one attached hydrogen (secondary N) is 3. The monoisotopic (exact) mass is 1180 g/mol. The second-order valence-electron chi connectivity index (χ2n) is 23.4. The van der Waals surface area contributed by atoms with Gasteiger partial charge in [-0.2, -0.15) is 9.97 Å². The molecule has 3 saturated carbocycles. The van der Waals surface area contributed by atoms with Gasteiger partial charge in [-0.3, -0.25) is 0 Å². The fourth-order valence-corrected chi connectivity index (χ4v) is 13.0. The highest BCUT2D eigenvalue weighted by molar-refractivity contribution is 9.10. The van der Waals surface area contributed by atoms with Gasteiger partial charge in [-0.1, -0.05) is 68.1 Å². The Balaban J connectivity index is 0.000000147. The van der Waals surface area contributed by atoms with Crippen LogP contribution in [0.3, 0.4) is 0 Å². The summed E-state index contributed by atoms with van der Waals surface area (Å²) in [5.74, 6) is 4.10. The molecule has 6 fully saturated rings. The number of aryl methyl sites for hydroxylation is 5. The fraction of sp³-hybridized carbons (Fsp3) is 0.667. The first kappa shape index (κ1) is 60.4. The average molecular weight is 1180 g/mol. The number of hydrogen-bond acceptors (Lipinski definition) is 20. The van der Waals surface area contributed by atoms with Gasteiger partial charge in [0, 0.05) is 105 Å². The van der Waals surface area contributed by atoms with Gasteiger partial charge in [0.2, 0.25) is 0 Å². The van der Waals surface area contributed by atoms with E-state index in [1.165, 1.54) is 103 Å². The Labute approximate surface area is 486 Å². The average Bonchev–Trinajstić information content (AvgIpc) is 4.17. The van der Waals surface area contributed by atoms with E-state index in [1.54, 1.807) is 19.4 Å². The molecule has 3 saturated heterocycles. The molecule has 6 atom stereocenters. The Morgan fingerprint density at radius 2 is 1.05 bits per heavy atom. The summed E-state index contributed by atoms with van der Waals surface area (Å²) in [6, 6.07) is 8.21. The van der Waals surface area contributed by atoms with E-state index in [4.69, 9.17) is 23.5 Å². The van der Waals surface area contributed by atoms with Gasteiger partial charge in [-0.05, 0) is 138 Å². The van der Waals surface area contributed by atoms with E-state index >= 15 is 0 Å². The zero-order valence-electron chi connectivity index (χ0n) is 48.8. The third-order valence-electron chi connectivity index (χ3n) is 17.3. The number of pyridine rings is 3. The highest BCUT2D eigenvalue weighted by Crippen LogP contribution is 2.35. The lowest BCUT2D eigenvalue weighted by molar-refractivity contribution is 0.0527. The van der Waals surface area contributed by atoms with Gasteiger partial charge in [0.25, 0.3) is 11.8 Å². The molecule has 5 N–H and O–H groups in total. The molecule has 0 unspecified atom stereocenters. The van der Waals surface area contributed by atoms with Crippen molar-refractivity contribution in [2.24, 2.45) is 0 Å². The van der Waals surface area contributed by atoms with Gasteiger partial charge in [0.1, 0.15) is 23.0 Å². The lowest BCUT2D eigenvalue weighted by atomic mass is 9.92. The maximum absolute atomic E-state index is 12.2. The number of methoxy groups -OCH3 is 2. The number of nitrogens with zero attached hydrogens (tertiary/aromatic N) is 10. The minimum Gasteiger partial charge on any atom is -0.465 e. The number of aliphatic hydroxyl groups is 2. The van der Waals surface area contributed by atoms with Crippen LogP contribution in [0.15, 0.2) is 44.1 Å². The van der Waals surface area contributed by atoms with Gasteiger partial charge >= 0.3 is 5.97 Å². The van der Waals surface area contributed by atoms with Crippen LogP contribution in [0.2, 0.25) is 0 Å². The van der Waals surface area contributed by atoms with Crippen LogP contribution in [-0.4, -0.2) is 159 Å². The number of esters is 1. The first-order valence-electron chi connectivity index (χ1n) is 30.0. The summed E-state index contributed by atoms with van der Waals surface area (Å²) in [6.07, 6.45) is 24.9. The van der Waals surface area contributed by atoms with Crippen molar-refractivity contribution in [3.63, 3.8) is 0 Å². The number of rotatable bonds is 13. The number of aliphatic hydroxyl groups excluding tert-OH is 2. The predicted molar refractivity (Wildman–Crippen MR) is 317 cm³/mol. The number of carbonyl (C=O) groups is 1. The van der Waals surface area contributed by atoms with Crippen molar-refractivity contribution in [1.29, 1.82) is 0 Å². The summed E-state index contributed by atoms with van der Waals surface area (Å²) in [4.78, 5) is 41.3. The summed E-state index contributed by atoms with van der Waals surface area (Å²) in [6.45, 7) is 14.0. The van der Waals surface area contributed by atoms with Gasteiger partial charge in [0.15, 0.2) is 11.6 Å². The Bertz CT molecular complexity index is 2800. The molecule has 81 heavy (non-hydrogen) atoms. The molecular weight excluding hydrogens is 1090 g/mol. The van der Waals surface area contributed by atoms with Gasteiger partial charge in [0.05, 0.1) is 36.5 Å². The van der Waals surface area contributed by atoms with Gasteiger partial charge in [-0.25, -0.2) is 19.7 Å². The number of anilines is 3. The van der Waals surface area contributed by atoms with E-state index in [-0.39, 0.29) is 24.2 Å². The van der Waals surface area contributed by atoms with Crippen LogP contribution >= 0.6 is 15.9 Å². The molecule has 5 aromatic rings. The molecule has 5 aromatic heterocycles. The van der Waals surface area contributed by atoms with E-state index in [1.807, 2.05) is 46.9 Å². The Hall–Kier alpha value is -5.16. The first-order valence-corrected chi connectivity index (χ1v) is 30.7. The van der Waals surface area contributed by atoms with E-state index in [0.717, 1.165) is 83.0 Å². The molecule has 21 heteroatoms. The molecule has 6 aliphatic rings. The van der Waals surface area contributed by atoms with Crippen molar-refractivity contribution < 1.29 is 33.5 Å². The zero-order chi connectivity index (χ0) is 57.0. The van der Waals surface area contributed by atoms with Crippen LogP contribution in [0.4, 0.5) is 17.5 Å². The van der Waals surface area contributed by atoms with Crippen molar-refractivity contribution >= 4 is 39.4 Å². The summed E-state index contributed by atoms with van der Waals surface area (Å²) < 4.78 is 22.3. The van der Waals surface area contributed by atoms with Crippen molar-refractivity contribution in [3.05, 3.63) is 69.1 Å². The summed E-state index contributed by atoms with van der Waals surface area (Å²) in [7, 11) is 3.16. The Morgan fingerprint density at radius 1 is 0.580 bits per heavy atom. The quantitative estimate of drug-likeness (QED) is 0.0693. The lowest BCUT2D eigenvalue weighted by Gasteiger charge is -2.41. The number of carbonyl (C=O) groups excluding carboxylic acids is 1. The first-order chi connectivity index (χ1) is 39.2. The maximum atomic E-state index is 12.2. The van der Waals surface area contributed by atoms with Crippen LogP contribution in [0.25, 0.3) is 22.9 Å². The molecule has 0 spiro atoms. The molecular formula is C60H88BrN13O7. The minimum atomic E-state index is -0.420. The van der Waals surface area contributed by atoms with Crippen LogP contribution in [-0.2, 0) is 9.47 Å². The highest BCUT2D eigenvalue weighted by atomic mass is 79.9. The topological polar surface area (TPSA) is 238 Å². The summed E-state index contributed by atoms with van der Waals surface area (Å²) in [5.41, 5.74) is 5.27. The van der Waals surface area contributed by atoms with Crippen molar-refractivity contribution in [2.45, 2.75) is 205 Å². The number of piperidine rings is 3. The fourth-order valence-electron chi connectivity index (χ4n) is 12.7. The lowest BCUT2D eigenvalue weighted by Crippen LogP contribution is -2.56. The second kappa shape index (κ2) is 28.9. The normalized spacial score (nSPS) is 24.2. The third-order valence-corrected chi connectivity index (χ3v) is 17.7. The van der Waals surface area contributed by atoms with E-state index in [9.17, 15) is 15.0 Å². The molecule has 0 aromatic carbocycles. The largest absolute Gasteiger partial charge is 0.465 e. The van der Waals surface area contributed by atoms with Crippen LogP contribution < -0.4 is 30.7 Å². The molecule has 0 radical (unpaired) electrons. The van der Waals surface area contributed by atoms with Crippen molar-refractivity contribution in [3.8, 4) is 22.9 Å². The number of hydrogen-bond donors (Lipinski definition) is 5. The van der Waals surface area contributed by atoms with Gasteiger partial charge in [-0.15, -0.1) is 0 Å². The summed E-state index contributed by atoms with van der Waals surface area (Å²) >= 11 is 3.38. The number of β-amino-alcohol motifs (C(OH)–C–C–N with tert-alkyl or cyclic N) is 2. The number of aromatic nitrogens is 7. The third kappa shape index (κ3) is 15.9. The van der Waals surface area contributed by atoms with Crippen LogP contribution in [0, 0.1) is 34.6 Å². The standard InChI is InChI=1S/C21H31N5O2.C20H29N5O2.C19H28BrN3O3/c1-13-11-17(21-23-15(3)25-28-21)20(22-14(13)2)26-10-9-18(19(27)12-26)24-16-7-5-4-6-8-16;1-13-10-16(20-22-14(2)24-27-20)19(21-11-13)25-9-8-17(18(26)12-25)23-15-6-4-3-5-7-15;1-25-17-12-23(9-8-16(17)22-14-6-4-3-5-7-14)18-15(19(24)26-2)10-13(20)11-21-18/h11,16,18-19,24,27H,4-10,12H2,1-3H3;10-11,15,17-18,23,26H,3-9,12H2,1-2H3;10-11,14,16-17,22H,3-9,12H2,1-2H3/t18-,19-;17-,18-;16-,17-/m000/s1. The molecule has 3 aliphatic heterocycles. The molecule has 11 rings (SSSR count). The molecule has 20 nitrogen and oxygen atoms in total. The number of ether oxygens (including phenoxy) is 2. The Kier molecular flexibility index (Phi) is 21.6. The molecule has 0 amide bonds. The SMILES string of the molecule is COC(=O)c1cc(Br)cnc1N1CC[C@H](NC2CCCCC2)[C@@H](OC)C1.Cc1cnc(N2CC[C@H](NC3CCCCC3)[C@@H](O)C2)c(-c2nc(C)no2)c1.Cc1noc(-c2cc(C)c(C)nc2N2CC[C@H](NC3CCCCC3)[C@@H](O)C2)n1. The van der Waals surface area contributed by atoms with Crippen molar-refractivity contribution in [1.82, 2.24) is 51.2 Å². The van der Waals surface area contributed by atoms with Gasteiger partial charge < -0.3 is 59.4 Å².